The number of aromatic amines is 1. The number of non-ortho nitro benzene ring substituents is 1. The first kappa shape index (κ1) is 17.6. The lowest BCUT2D eigenvalue weighted by Gasteiger charge is -2.02. The Bertz CT molecular complexity index is 1120. The van der Waals surface area contributed by atoms with E-state index in [1.54, 1.807) is 23.7 Å². The zero-order valence-corrected chi connectivity index (χ0v) is 15.1. The first-order chi connectivity index (χ1) is 13.6. The molecule has 1 amide bonds. The summed E-state index contributed by atoms with van der Waals surface area (Å²) >= 11 is 1.31. The van der Waals surface area contributed by atoms with Crippen LogP contribution in [-0.4, -0.2) is 25.8 Å². The first-order valence-corrected chi connectivity index (χ1v) is 9.11. The van der Waals surface area contributed by atoms with Gasteiger partial charge in [0.15, 0.2) is 10.8 Å². The Morgan fingerprint density at radius 1 is 1.07 bits per heavy atom. The second kappa shape index (κ2) is 7.41. The van der Waals surface area contributed by atoms with Crippen LogP contribution in [0.3, 0.4) is 0 Å². The molecular weight excluding hydrogens is 378 g/mol. The smallest absolute Gasteiger partial charge is 0.278 e. The van der Waals surface area contributed by atoms with E-state index in [9.17, 15) is 14.9 Å². The molecule has 0 aliphatic carbocycles. The average molecular weight is 391 g/mol. The van der Waals surface area contributed by atoms with Crippen LogP contribution >= 0.6 is 11.3 Å². The number of anilines is 1. The van der Waals surface area contributed by atoms with Gasteiger partial charge in [0, 0.05) is 34.8 Å². The molecule has 0 atom stereocenters. The summed E-state index contributed by atoms with van der Waals surface area (Å²) in [6.07, 6.45) is 1.60. The fourth-order valence-corrected chi connectivity index (χ4v) is 3.19. The van der Waals surface area contributed by atoms with Crippen molar-refractivity contribution in [2.45, 2.75) is 0 Å². The third kappa shape index (κ3) is 3.51. The second-order valence-electron chi connectivity index (χ2n) is 5.77. The van der Waals surface area contributed by atoms with Gasteiger partial charge in [-0.2, -0.15) is 0 Å². The number of rotatable bonds is 5. The van der Waals surface area contributed by atoms with Crippen LogP contribution in [0.4, 0.5) is 10.8 Å². The third-order valence-corrected chi connectivity index (χ3v) is 4.67. The van der Waals surface area contributed by atoms with Gasteiger partial charge in [-0.05, 0) is 12.1 Å². The van der Waals surface area contributed by atoms with Crippen molar-refractivity contribution in [3.05, 3.63) is 82.0 Å². The van der Waals surface area contributed by atoms with Gasteiger partial charge in [-0.25, -0.2) is 9.97 Å². The second-order valence-corrected chi connectivity index (χ2v) is 6.66. The molecule has 0 aliphatic rings. The predicted molar refractivity (Wildman–Crippen MR) is 106 cm³/mol. The molecular formula is C19H13N5O3S. The summed E-state index contributed by atoms with van der Waals surface area (Å²) in [5, 5.41) is 15.8. The van der Waals surface area contributed by atoms with E-state index in [1.807, 2.05) is 30.3 Å². The SMILES string of the molecule is O=C(Nc1nccs1)c1nc(-c2ccc([N+](=O)[O-])cc2)[nH]c1-c1ccccc1. The summed E-state index contributed by atoms with van der Waals surface area (Å²) < 4.78 is 0. The van der Waals surface area contributed by atoms with Gasteiger partial charge in [-0.15, -0.1) is 11.3 Å². The molecule has 0 bridgehead atoms. The van der Waals surface area contributed by atoms with Crippen LogP contribution in [0.2, 0.25) is 0 Å². The summed E-state index contributed by atoms with van der Waals surface area (Å²) in [6, 6.07) is 15.3. The number of H-pyrrole nitrogens is 1. The van der Waals surface area contributed by atoms with Crippen LogP contribution in [-0.2, 0) is 0 Å². The number of thiazole rings is 1. The zero-order chi connectivity index (χ0) is 19.5. The Kier molecular flexibility index (Phi) is 4.65. The molecule has 8 nitrogen and oxygen atoms in total. The van der Waals surface area contributed by atoms with Gasteiger partial charge in [0.05, 0.1) is 10.6 Å². The van der Waals surface area contributed by atoms with Gasteiger partial charge < -0.3 is 4.98 Å². The molecule has 2 aromatic heterocycles. The van der Waals surface area contributed by atoms with Crippen LogP contribution in [0.15, 0.2) is 66.2 Å². The van der Waals surface area contributed by atoms with E-state index in [2.05, 4.69) is 20.3 Å². The topological polar surface area (TPSA) is 114 Å². The highest BCUT2D eigenvalue weighted by molar-refractivity contribution is 7.13. The van der Waals surface area contributed by atoms with Gasteiger partial charge >= 0.3 is 0 Å². The molecule has 2 heterocycles. The number of carbonyl (C=O) groups excluding carboxylic acids is 1. The number of carbonyl (C=O) groups is 1. The van der Waals surface area contributed by atoms with Crippen LogP contribution in [0, 0.1) is 10.1 Å². The standard InChI is InChI=1S/C19H13N5O3S/c25-18(23-19-20-10-11-28-19)16-15(12-4-2-1-3-5-12)21-17(22-16)13-6-8-14(9-7-13)24(26)27/h1-11H,(H,21,22)(H,20,23,25). The Hall–Kier alpha value is -3.85. The van der Waals surface area contributed by atoms with Gasteiger partial charge in [0.2, 0.25) is 0 Å². The first-order valence-electron chi connectivity index (χ1n) is 8.23. The van der Waals surface area contributed by atoms with Crippen molar-refractivity contribution in [1.82, 2.24) is 15.0 Å². The maximum atomic E-state index is 12.8. The van der Waals surface area contributed by atoms with Crippen LogP contribution in [0.25, 0.3) is 22.6 Å². The Balaban J connectivity index is 1.75. The minimum atomic E-state index is -0.464. The van der Waals surface area contributed by atoms with Crippen molar-refractivity contribution in [2.75, 3.05) is 5.32 Å². The van der Waals surface area contributed by atoms with Crippen molar-refractivity contribution in [3.8, 4) is 22.6 Å². The Morgan fingerprint density at radius 2 is 1.82 bits per heavy atom. The fraction of sp³-hybridized carbons (Fsp3) is 0. The van der Waals surface area contributed by atoms with Crippen molar-refractivity contribution >= 4 is 28.1 Å². The maximum absolute atomic E-state index is 12.8. The molecule has 0 saturated carbocycles. The van der Waals surface area contributed by atoms with Crippen LogP contribution < -0.4 is 5.32 Å². The normalized spacial score (nSPS) is 10.6. The van der Waals surface area contributed by atoms with E-state index in [0.29, 0.717) is 22.2 Å². The molecule has 9 heteroatoms. The van der Waals surface area contributed by atoms with Crippen LogP contribution in [0.5, 0.6) is 0 Å². The summed E-state index contributed by atoms with van der Waals surface area (Å²) in [5.74, 6) is 0.0521. The Morgan fingerprint density at radius 3 is 2.46 bits per heavy atom. The van der Waals surface area contributed by atoms with E-state index < -0.39 is 10.8 Å². The number of nitro groups is 1. The minimum Gasteiger partial charge on any atom is -0.337 e. The molecule has 28 heavy (non-hydrogen) atoms. The monoisotopic (exact) mass is 391 g/mol. The van der Waals surface area contributed by atoms with Gasteiger partial charge in [0.1, 0.15) is 5.82 Å². The number of imidazole rings is 1. The summed E-state index contributed by atoms with van der Waals surface area (Å²) in [7, 11) is 0. The highest BCUT2D eigenvalue weighted by Gasteiger charge is 2.20. The molecule has 0 saturated heterocycles. The third-order valence-electron chi connectivity index (χ3n) is 3.99. The summed E-state index contributed by atoms with van der Waals surface area (Å²) in [6.45, 7) is 0. The van der Waals surface area contributed by atoms with E-state index in [4.69, 9.17) is 0 Å². The van der Waals surface area contributed by atoms with E-state index >= 15 is 0 Å². The summed E-state index contributed by atoms with van der Waals surface area (Å²) in [4.78, 5) is 34.8. The molecule has 0 fully saturated rings. The largest absolute Gasteiger partial charge is 0.337 e. The van der Waals surface area contributed by atoms with Gasteiger partial charge in [-0.1, -0.05) is 30.3 Å². The minimum absolute atomic E-state index is 0.0136. The highest BCUT2D eigenvalue weighted by atomic mass is 32.1. The predicted octanol–water partition coefficient (Wildman–Crippen LogP) is 4.36. The molecule has 138 valence electrons. The lowest BCUT2D eigenvalue weighted by Crippen LogP contribution is -2.13. The number of hydrogen-bond donors (Lipinski definition) is 2. The number of nitro benzene ring substituents is 1. The molecule has 0 unspecified atom stereocenters. The molecule has 2 N–H and O–H groups in total. The number of nitrogens with zero attached hydrogens (tertiary/aromatic N) is 3. The molecule has 4 aromatic rings. The van der Waals surface area contributed by atoms with Gasteiger partial charge in [-0.3, -0.25) is 20.2 Å². The highest BCUT2D eigenvalue weighted by Crippen LogP contribution is 2.28. The molecule has 4 rings (SSSR count). The molecule has 0 spiro atoms. The molecule has 0 aliphatic heterocycles. The Labute approximate surface area is 163 Å². The fourth-order valence-electron chi connectivity index (χ4n) is 2.67. The summed E-state index contributed by atoms with van der Waals surface area (Å²) in [5.41, 5.74) is 2.20. The molecule has 2 aromatic carbocycles. The van der Waals surface area contributed by atoms with Crippen LogP contribution in [0.1, 0.15) is 10.5 Å². The van der Waals surface area contributed by atoms with Crippen molar-refractivity contribution in [3.63, 3.8) is 0 Å². The maximum Gasteiger partial charge on any atom is 0.278 e. The lowest BCUT2D eigenvalue weighted by atomic mass is 10.1. The lowest BCUT2D eigenvalue weighted by molar-refractivity contribution is -0.384. The van der Waals surface area contributed by atoms with E-state index in [0.717, 1.165) is 5.56 Å². The number of aromatic nitrogens is 3. The van der Waals surface area contributed by atoms with Crippen molar-refractivity contribution in [1.29, 1.82) is 0 Å². The van der Waals surface area contributed by atoms with Crippen molar-refractivity contribution < 1.29 is 9.72 Å². The number of hydrogen-bond acceptors (Lipinski definition) is 6. The number of nitrogens with one attached hydrogen (secondary N) is 2. The molecule has 0 radical (unpaired) electrons. The van der Waals surface area contributed by atoms with Gasteiger partial charge in [0.25, 0.3) is 11.6 Å². The quantitative estimate of drug-likeness (QED) is 0.387. The van der Waals surface area contributed by atoms with E-state index in [-0.39, 0.29) is 11.4 Å². The average Bonchev–Trinajstić information content (AvgIpc) is 3.38. The number of amides is 1. The van der Waals surface area contributed by atoms with E-state index in [1.165, 1.54) is 23.5 Å². The van der Waals surface area contributed by atoms with Crippen molar-refractivity contribution in [2.24, 2.45) is 0 Å². The number of benzene rings is 2. The zero-order valence-electron chi connectivity index (χ0n) is 14.3.